The zero-order valence-corrected chi connectivity index (χ0v) is 17.8. The highest BCUT2D eigenvalue weighted by molar-refractivity contribution is 7.91. The molecule has 2 heterocycles. The molecular weight excluding hydrogens is 400 g/mol. The van der Waals surface area contributed by atoms with Crippen LogP contribution in [0.3, 0.4) is 0 Å². The molecule has 0 N–H and O–H groups in total. The fraction of sp³-hybridized carbons (Fsp3) is 0.632. The molecule has 1 amide bonds. The number of hydrogen-bond acceptors (Lipinski definition) is 5. The number of sulfone groups is 1. The van der Waals surface area contributed by atoms with Crippen molar-refractivity contribution in [3.8, 4) is 0 Å². The van der Waals surface area contributed by atoms with Gasteiger partial charge in [0.1, 0.15) is 0 Å². The van der Waals surface area contributed by atoms with E-state index in [4.69, 9.17) is 0 Å². The maximum absolute atomic E-state index is 12.7. The number of sulfonamides is 1. The predicted molar refractivity (Wildman–Crippen MR) is 107 cm³/mol. The second kappa shape index (κ2) is 8.51. The number of piperidine rings is 1. The third-order valence-electron chi connectivity index (χ3n) is 5.65. The van der Waals surface area contributed by atoms with E-state index in [9.17, 15) is 21.6 Å². The second-order valence-electron chi connectivity index (χ2n) is 7.67. The van der Waals surface area contributed by atoms with E-state index in [1.54, 1.807) is 40.5 Å². The van der Waals surface area contributed by atoms with E-state index in [2.05, 4.69) is 0 Å². The number of rotatable bonds is 6. The van der Waals surface area contributed by atoms with Crippen molar-refractivity contribution < 1.29 is 21.6 Å². The van der Waals surface area contributed by atoms with Crippen molar-refractivity contribution >= 4 is 25.8 Å². The molecule has 156 valence electrons. The minimum Gasteiger partial charge on any atom is -0.342 e. The molecule has 3 rings (SSSR count). The van der Waals surface area contributed by atoms with E-state index < -0.39 is 19.9 Å². The molecular formula is C19H28N2O5S2. The number of nitrogens with zero attached hydrogens (tertiary/aromatic N) is 2. The van der Waals surface area contributed by atoms with Gasteiger partial charge < -0.3 is 4.90 Å². The number of amides is 1. The predicted octanol–water partition coefficient (Wildman–Crippen LogP) is 1.44. The smallest absolute Gasteiger partial charge is 0.243 e. The Balaban J connectivity index is 1.56. The topological polar surface area (TPSA) is 91.8 Å². The van der Waals surface area contributed by atoms with E-state index in [0.717, 1.165) is 24.8 Å². The van der Waals surface area contributed by atoms with Gasteiger partial charge in [-0.2, -0.15) is 4.31 Å². The van der Waals surface area contributed by atoms with Gasteiger partial charge in [-0.3, -0.25) is 4.79 Å². The van der Waals surface area contributed by atoms with E-state index in [0.29, 0.717) is 25.9 Å². The van der Waals surface area contributed by atoms with E-state index in [1.165, 1.54) is 0 Å². The molecule has 2 aliphatic rings. The molecule has 0 aromatic heterocycles. The van der Waals surface area contributed by atoms with Crippen LogP contribution < -0.4 is 0 Å². The van der Waals surface area contributed by atoms with Crippen LogP contribution in [-0.2, 0) is 31.1 Å². The van der Waals surface area contributed by atoms with Gasteiger partial charge in [-0.15, -0.1) is 0 Å². The Morgan fingerprint density at radius 2 is 1.79 bits per heavy atom. The standard InChI is InChI=1S/C19H28N2O5S2/c1-20(17-11-14-27(23,24)15-17)19(22)10-7-16-5-8-18(9-6-16)28(25,26)21-12-3-2-4-13-21/h5-6,8-9,17H,2-4,7,10-15H2,1H3/t17-/m1/s1. The summed E-state index contributed by atoms with van der Waals surface area (Å²) in [6.07, 6.45) is 4.12. The lowest BCUT2D eigenvalue weighted by atomic mass is 10.1. The first-order valence-electron chi connectivity index (χ1n) is 9.74. The Morgan fingerprint density at radius 1 is 1.14 bits per heavy atom. The summed E-state index contributed by atoms with van der Waals surface area (Å²) in [7, 11) is -4.81. The zero-order valence-electron chi connectivity index (χ0n) is 16.2. The van der Waals surface area contributed by atoms with Gasteiger partial charge in [-0.05, 0) is 43.4 Å². The Labute approximate surface area is 167 Å². The summed E-state index contributed by atoms with van der Waals surface area (Å²) >= 11 is 0. The first kappa shape index (κ1) is 21.3. The lowest BCUT2D eigenvalue weighted by Gasteiger charge is -2.26. The first-order valence-corrected chi connectivity index (χ1v) is 13.0. The highest BCUT2D eigenvalue weighted by Gasteiger charge is 2.32. The third-order valence-corrected chi connectivity index (χ3v) is 9.32. The fourth-order valence-corrected chi connectivity index (χ4v) is 7.09. The molecule has 28 heavy (non-hydrogen) atoms. The molecule has 0 aliphatic carbocycles. The van der Waals surface area contributed by atoms with Crippen LogP contribution in [0.25, 0.3) is 0 Å². The SMILES string of the molecule is CN(C(=O)CCc1ccc(S(=O)(=O)N2CCCCC2)cc1)[C@@H]1CCS(=O)(=O)C1. The molecule has 2 fully saturated rings. The van der Waals surface area contributed by atoms with Crippen LogP contribution in [0.2, 0.25) is 0 Å². The van der Waals surface area contributed by atoms with Gasteiger partial charge in [0.05, 0.1) is 16.4 Å². The molecule has 0 radical (unpaired) electrons. The number of carbonyl (C=O) groups excluding carboxylic acids is 1. The van der Waals surface area contributed by atoms with Crippen molar-refractivity contribution in [2.75, 3.05) is 31.6 Å². The molecule has 0 saturated carbocycles. The molecule has 0 spiro atoms. The van der Waals surface area contributed by atoms with E-state index >= 15 is 0 Å². The minimum atomic E-state index is -3.44. The van der Waals surface area contributed by atoms with Crippen LogP contribution in [0.5, 0.6) is 0 Å². The molecule has 0 bridgehead atoms. The quantitative estimate of drug-likeness (QED) is 0.684. The molecule has 2 saturated heterocycles. The highest BCUT2D eigenvalue weighted by atomic mass is 32.2. The van der Waals surface area contributed by atoms with Crippen molar-refractivity contribution in [3.63, 3.8) is 0 Å². The molecule has 9 heteroatoms. The number of hydrogen-bond donors (Lipinski definition) is 0. The Bertz CT molecular complexity index is 904. The average molecular weight is 429 g/mol. The van der Waals surface area contributed by atoms with Crippen LogP contribution in [-0.4, -0.2) is 69.6 Å². The number of aryl methyl sites for hydroxylation is 1. The normalized spacial score (nSPS) is 22.8. The molecule has 0 unspecified atom stereocenters. The van der Waals surface area contributed by atoms with Crippen LogP contribution in [0, 0.1) is 0 Å². The van der Waals surface area contributed by atoms with Crippen molar-refractivity contribution in [2.24, 2.45) is 0 Å². The highest BCUT2D eigenvalue weighted by Crippen LogP contribution is 2.22. The van der Waals surface area contributed by atoms with Gasteiger partial charge >= 0.3 is 0 Å². The summed E-state index contributed by atoms with van der Waals surface area (Å²) in [5.74, 6) is 0.0905. The molecule has 1 aromatic carbocycles. The fourth-order valence-electron chi connectivity index (χ4n) is 3.79. The Morgan fingerprint density at radius 3 is 2.36 bits per heavy atom. The van der Waals surface area contributed by atoms with Gasteiger partial charge in [0.2, 0.25) is 15.9 Å². The Kier molecular flexibility index (Phi) is 6.46. The van der Waals surface area contributed by atoms with Gasteiger partial charge in [0, 0.05) is 32.6 Å². The van der Waals surface area contributed by atoms with Crippen LogP contribution in [0.1, 0.15) is 37.7 Å². The summed E-state index contributed by atoms with van der Waals surface area (Å²) in [6, 6.07) is 6.48. The maximum atomic E-state index is 12.7. The van der Waals surface area contributed by atoms with Crippen molar-refractivity contribution in [2.45, 2.75) is 49.5 Å². The van der Waals surface area contributed by atoms with Crippen LogP contribution >= 0.6 is 0 Å². The molecule has 1 atom stereocenters. The largest absolute Gasteiger partial charge is 0.342 e. The average Bonchev–Trinajstić information content (AvgIpc) is 3.06. The summed E-state index contributed by atoms with van der Waals surface area (Å²) < 4.78 is 50.0. The summed E-state index contributed by atoms with van der Waals surface area (Å²) in [6.45, 7) is 1.14. The van der Waals surface area contributed by atoms with Crippen LogP contribution in [0.15, 0.2) is 29.2 Å². The number of carbonyl (C=O) groups is 1. The van der Waals surface area contributed by atoms with E-state index in [1.807, 2.05) is 0 Å². The lowest BCUT2D eigenvalue weighted by molar-refractivity contribution is -0.131. The summed E-state index contributed by atoms with van der Waals surface area (Å²) in [5.41, 5.74) is 0.887. The molecule has 1 aromatic rings. The van der Waals surface area contributed by atoms with E-state index in [-0.39, 0.29) is 34.8 Å². The van der Waals surface area contributed by atoms with Crippen molar-refractivity contribution in [3.05, 3.63) is 29.8 Å². The van der Waals surface area contributed by atoms with Gasteiger partial charge in [0.25, 0.3) is 0 Å². The van der Waals surface area contributed by atoms with Gasteiger partial charge in [0.15, 0.2) is 9.84 Å². The number of benzene rings is 1. The third kappa shape index (κ3) is 4.93. The maximum Gasteiger partial charge on any atom is 0.243 e. The molecule has 2 aliphatic heterocycles. The van der Waals surface area contributed by atoms with Crippen LogP contribution in [0.4, 0.5) is 0 Å². The van der Waals surface area contributed by atoms with Gasteiger partial charge in [-0.1, -0.05) is 18.6 Å². The monoisotopic (exact) mass is 428 g/mol. The lowest BCUT2D eigenvalue weighted by Crippen LogP contribution is -2.37. The summed E-state index contributed by atoms with van der Waals surface area (Å²) in [4.78, 5) is 14.2. The van der Waals surface area contributed by atoms with Crippen molar-refractivity contribution in [1.29, 1.82) is 0 Å². The summed E-state index contributed by atoms with van der Waals surface area (Å²) in [5, 5.41) is 0. The van der Waals surface area contributed by atoms with Crippen molar-refractivity contribution in [1.82, 2.24) is 9.21 Å². The Hall–Kier alpha value is -1.45. The minimum absolute atomic E-state index is 0.0400. The zero-order chi connectivity index (χ0) is 20.4. The second-order valence-corrected chi connectivity index (χ2v) is 11.8. The first-order chi connectivity index (χ1) is 13.2. The molecule has 7 nitrogen and oxygen atoms in total. The van der Waals surface area contributed by atoms with Gasteiger partial charge in [-0.25, -0.2) is 16.8 Å².